The number of hydrogen-bond acceptors (Lipinski definition) is 6. The second kappa shape index (κ2) is 36.7. The number of rotatable bonds is 36. The van der Waals surface area contributed by atoms with E-state index in [4.69, 9.17) is 14.2 Å². The molecule has 2 unspecified atom stereocenters. The van der Waals surface area contributed by atoms with E-state index >= 15 is 0 Å². The van der Waals surface area contributed by atoms with Crippen molar-refractivity contribution in [2.75, 3.05) is 41.0 Å². The Balaban J connectivity index is 4.48. The number of unbranched alkanes of at least 4 members (excludes halogenated alkanes) is 10. The molecular weight excluding hydrogens is 679 g/mol. The third-order valence-electron chi connectivity index (χ3n) is 8.87. The number of likely N-dealkylation sites (N-methyl/N-ethyl adjacent to an activating group) is 1. The smallest absolute Gasteiger partial charge is 0.362 e. The fourth-order valence-electron chi connectivity index (χ4n) is 5.63. The summed E-state index contributed by atoms with van der Waals surface area (Å²) in [4.78, 5) is 36.8. The third-order valence-corrected chi connectivity index (χ3v) is 8.87. The summed E-state index contributed by atoms with van der Waals surface area (Å²) in [6.07, 6.45) is 45.2. The topological polar surface area (TPSA) is 99.1 Å². The summed E-state index contributed by atoms with van der Waals surface area (Å²) >= 11 is 0. The molecule has 0 aliphatic heterocycles. The molecule has 8 heteroatoms. The van der Waals surface area contributed by atoms with E-state index < -0.39 is 18.1 Å². The van der Waals surface area contributed by atoms with Crippen LogP contribution in [0, 0.1) is 0 Å². The average molecular weight is 757 g/mol. The van der Waals surface area contributed by atoms with Gasteiger partial charge in [0.05, 0.1) is 34.4 Å². The van der Waals surface area contributed by atoms with E-state index in [-0.39, 0.29) is 42.7 Å². The molecule has 2 atom stereocenters. The highest BCUT2D eigenvalue weighted by molar-refractivity contribution is 5.72. The van der Waals surface area contributed by atoms with E-state index in [1.165, 1.54) is 44.9 Å². The van der Waals surface area contributed by atoms with Crippen LogP contribution in [0.5, 0.6) is 0 Å². The first-order chi connectivity index (χ1) is 26.1. The predicted octanol–water partition coefficient (Wildman–Crippen LogP) is 11.2. The number of carbonyl (C=O) groups excluding carboxylic acids is 2. The number of carboxylic acid groups (broad SMARTS) is 1. The van der Waals surface area contributed by atoms with Gasteiger partial charge in [0.25, 0.3) is 0 Å². The van der Waals surface area contributed by atoms with E-state index in [1.807, 2.05) is 21.1 Å². The molecule has 0 rings (SSSR count). The summed E-state index contributed by atoms with van der Waals surface area (Å²) in [6.45, 7) is 4.53. The fourth-order valence-corrected chi connectivity index (χ4v) is 5.63. The number of esters is 2. The zero-order chi connectivity index (χ0) is 40.0. The molecule has 0 aliphatic rings. The number of quaternary nitrogens is 1. The van der Waals surface area contributed by atoms with Gasteiger partial charge >= 0.3 is 17.9 Å². The second-order valence-electron chi connectivity index (χ2n) is 14.9. The third kappa shape index (κ3) is 34.5. The monoisotopic (exact) mass is 757 g/mol. The Labute approximate surface area is 330 Å². The Kier molecular flexibility index (Phi) is 34.5. The molecule has 0 bridgehead atoms. The van der Waals surface area contributed by atoms with Crippen molar-refractivity contribution in [2.24, 2.45) is 0 Å². The van der Waals surface area contributed by atoms with Crippen molar-refractivity contribution < 1.29 is 38.2 Å². The van der Waals surface area contributed by atoms with Crippen molar-refractivity contribution >= 4 is 17.9 Å². The molecule has 8 nitrogen and oxygen atoms in total. The molecule has 0 radical (unpaired) electrons. The minimum atomic E-state index is -0.887. The predicted molar refractivity (Wildman–Crippen MR) is 224 cm³/mol. The van der Waals surface area contributed by atoms with Gasteiger partial charge in [-0.3, -0.25) is 9.59 Å². The molecule has 0 spiro atoms. The summed E-state index contributed by atoms with van der Waals surface area (Å²) in [5.41, 5.74) is 0. The van der Waals surface area contributed by atoms with Crippen molar-refractivity contribution in [3.63, 3.8) is 0 Å². The molecular formula is C46H78NO7+. The quantitative estimate of drug-likeness (QED) is 0.0294. The molecule has 1 N–H and O–H groups in total. The first-order valence-electron chi connectivity index (χ1n) is 21.0. The highest BCUT2D eigenvalue weighted by Gasteiger charge is 2.31. The van der Waals surface area contributed by atoms with Crippen LogP contribution in [0.3, 0.4) is 0 Å². The Morgan fingerprint density at radius 2 is 1.04 bits per heavy atom. The number of allylic oxidation sites excluding steroid dienone is 12. The minimum Gasteiger partial charge on any atom is -0.477 e. The molecule has 0 aliphatic carbocycles. The van der Waals surface area contributed by atoms with Gasteiger partial charge in [-0.2, -0.15) is 0 Å². The molecule has 0 aromatic carbocycles. The molecule has 0 aromatic rings. The van der Waals surface area contributed by atoms with Gasteiger partial charge in [0.15, 0.2) is 12.1 Å². The van der Waals surface area contributed by atoms with Gasteiger partial charge in [0, 0.05) is 19.3 Å². The maximum atomic E-state index is 12.7. The molecule has 0 heterocycles. The number of ether oxygens (including phenoxy) is 3. The average Bonchev–Trinajstić information content (AvgIpc) is 3.12. The number of aliphatic carboxylic acids is 1. The zero-order valence-corrected chi connectivity index (χ0v) is 34.9. The Bertz CT molecular complexity index is 1110. The summed E-state index contributed by atoms with van der Waals surface area (Å²) < 4.78 is 17.2. The fraction of sp³-hybridized carbons (Fsp3) is 0.674. The number of carboxylic acids is 1. The molecule has 54 heavy (non-hydrogen) atoms. The van der Waals surface area contributed by atoms with Crippen LogP contribution in [-0.4, -0.2) is 80.6 Å². The van der Waals surface area contributed by atoms with E-state index in [2.05, 4.69) is 86.8 Å². The second-order valence-corrected chi connectivity index (χ2v) is 14.9. The van der Waals surface area contributed by atoms with E-state index in [9.17, 15) is 19.5 Å². The Morgan fingerprint density at radius 3 is 1.52 bits per heavy atom. The standard InChI is InChI=1S/C46H77NO7/c1-6-8-10-12-14-16-18-19-20-21-22-23-24-25-26-27-29-31-33-35-37-45(49)54-42(40-52-39-38-43(46(50)51)47(3,4)5)41-53-44(48)36-34-32-30-28-17-15-13-11-9-7-2/h8,10,14,16,19-20,22-23,25-26,29,31,42-43H,6-7,9,11-13,15,17-18,21,24,27-28,30,32-41H2,1-5H3/p+1/b10-8+,16-14+,20-19+,23-22+,26-25+,31-29+. The van der Waals surface area contributed by atoms with E-state index in [0.717, 1.165) is 64.2 Å². The molecule has 0 fully saturated rings. The van der Waals surface area contributed by atoms with Crippen molar-refractivity contribution in [3.05, 3.63) is 72.9 Å². The van der Waals surface area contributed by atoms with Crippen LogP contribution in [0.15, 0.2) is 72.9 Å². The van der Waals surface area contributed by atoms with Crippen LogP contribution in [0.4, 0.5) is 0 Å². The van der Waals surface area contributed by atoms with Crippen LogP contribution in [0.1, 0.15) is 149 Å². The molecule has 308 valence electrons. The molecule has 0 aromatic heterocycles. The molecule has 0 saturated heterocycles. The number of hydrogen-bond donors (Lipinski definition) is 1. The van der Waals surface area contributed by atoms with Gasteiger partial charge in [-0.1, -0.05) is 145 Å². The summed E-state index contributed by atoms with van der Waals surface area (Å²) in [7, 11) is 5.49. The zero-order valence-electron chi connectivity index (χ0n) is 34.9. The van der Waals surface area contributed by atoms with Crippen molar-refractivity contribution in [3.8, 4) is 0 Å². The van der Waals surface area contributed by atoms with Crippen molar-refractivity contribution in [1.82, 2.24) is 0 Å². The maximum Gasteiger partial charge on any atom is 0.362 e. The number of nitrogens with zero attached hydrogens (tertiary/aromatic N) is 1. The first-order valence-corrected chi connectivity index (χ1v) is 21.0. The normalized spacial score (nSPS) is 13.7. The van der Waals surface area contributed by atoms with Gasteiger partial charge in [-0.25, -0.2) is 4.79 Å². The first kappa shape index (κ1) is 50.8. The van der Waals surface area contributed by atoms with Gasteiger partial charge < -0.3 is 23.8 Å². The Hall–Kier alpha value is -3.23. The number of carbonyl (C=O) groups is 3. The lowest BCUT2D eigenvalue weighted by Crippen LogP contribution is -2.50. The van der Waals surface area contributed by atoms with Gasteiger partial charge in [0.2, 0.25) is 0 Å². The lowest BCUT2D eigenvalue weighted by Gasteiger charge is -2.31. The summed E-state index contributed by atoms with van der Waals surface area (Å²) in [6, 6.07) is -0.626. The highest BCUT2D eigenvalue weighted by atomic mass is 16.6. The van der Waals surface area contributed by atoms with Crippen LogP contribution in [0.25, 0.3) is 0 Å². The molecule has 0 amide bonds. The largest absolute Gasteiger partial charge is 0.477 e. The Morgan fingerprint density at radius 1 is 0.574 bits per heavy atom. The van der Waals surface area contributed by atoms with Crippen LogP contribution in [0.2, 0.25) is 0 Å². The molecule has 0 saturated carbocycles. The van der Waals surface area contributed by atoms with Crippen molar-refractivity contribution in [2.45, 2.75) is 161 Å². The summed E-state index contributed by atoms with van der Waals surface area (Å²) in [5.74, 6) is -1.55. The van der Waals surface area contributed by atoms with Gasteiger partial charge in [0.1, 0.15) is 6.61 Å². The van der Waals surface area contributed by atoms with Crippen molar-refractivity contribution in [1.29, 1.82) is 0 Å². The summed E-state index contributed by atoms with van der Waals surface area (Å²) in [5, 5.41) is 9.60. The maximum absolute atomic E-state index is 12.7. The van der Waals surface area contributed by atoms with Gasteiger partial charge in [-0.15, -0.1) is 0 Å². The van der Waals surface area contributed by atoms with Crippen LogP contribution < -0.4 is 0 Å². The van der Waals surface area contributed by atoms with E-state index in [1.54, 1.807) is 0 Å². The lowest BCUT2D eigenvalue weighted by atomic mass is 10.1. The van der Waals surface area contributed by atoms with Crippen LogP contribution >= 0.6 is 0 Å². The van der Waals surface area contributed by atoms with Crippen LogP contribution in [-0.2, 0) is 28.6 Å². The van der Waals surface area contributed by atoms with Gasteiger partial charge in [-0.05, 0) is 57.8 Å². The van der Waals surface area contributed by atoms with E-state index in [0.29, 0.717) is 19.3 Å². The SMILES string of the molecule is CC/C=C/C/C=C/C/C=C/C/C=C/C/C=C/C/C=C/CCCC(=O)OC(COCCC(C(=O)O)[N+](C)(C)C)COC(=O)CCCCCCCCCCCC. The minimum absolute atomic E-state index is 0.0356. The lowest BCUT2D eigenvalue weighted by molar-refractivity contribution is -0.887. The highest BCUT2D eigenvalue weighted by Crippen LogP contribution is 2.13.